The SMILES string of the molecule is NC(=NO)c1ccc(N2CCN(C3CCN(CC(=O)O)CC3)CC2)cc1.O=C(O)C(F)(F)F. The molecular weight excluding hydrogens is 447 g/mol. The lowest BCUT2D eigenvalue weighted by Gasteiger charge is -2.43. The minimum Gasteiger partial charge on any atom is -0.480 e. The summed E-state index contributed by atoms with van der Waals surface area (Å²) in [7, 11) is 0. The Hall–Kier alpha value is -3.06. The Kier molecular flexibility index (Phi) is 9.29. The first-order valence-electron chi connectivity index (χ1n) is 10.3. The van der Waals surface area contributed by atoms with Crippen molar-refractivity contribution in [2.75, 3.05) is 50.7 Å². The maximum Gasteiger partial charge on any atom is 0.490 e. The number of alkyl halides is 3. The van der Waals surface area contributed by atoms with Gasteiger partial charge in [0.25, 0.3) is 0 Å². The Morgan fingerprint density at radius 1 is 1.00 bits per heavy atom. The Balaban J connectivity index is 0.000000479. The number of piperazine rings is 1. The van der Waals surface area contributed by atoms with Crippen LogP contribution in [0.1, 0.15) is 18.4 Å². The number of carboxylic acid groups (broad SMARTS) is 2. The monoisotopic (exact) mass is 475 g/mol. The summed E-state index contributed by atoms with van der Waals surface area (Å²) >= 11 is 0. The number of likely N-dealkylation sites (tertiary alicyclic amines) is 1. The van der Waals surface area contributed by atoms with E-state index >= 15 is 0 Å². The van der Waals surface area contributed by atoms with E-state index in [9.17, 15) is 18.0 Å². The molecule has 0 aliphatic carbocycles. The molecule has 1 aromatic rings. The number of amidine groups is 1. The van der Waals surface area contributed by atoms with Gasteiger partial charge < -0.3 is 26.1 Å². The highest BCUT2D eigenvalue weighted by Gasteiger charge is 2.38. The van der Waals surface area contributed by atoms with Crippen LogP contribution in [0.25, 0.3) is 0 Å². The number of nitrogens with zero attached hydrogens (tertiary/aromatic N) is 4. The molecule has 0 unspecified atom stereocenters. The van der Waals surface area contributed by atoms with Crippen LogP contribution in [0.4, 0.5) is 18.9 Å². The largest absolute Gasteiger partial charge is 0.490 e. The second-order valence-corrected chi connectivity index (χ2v) is 7.76. The number of piperidine rings is 1. The van der Waals surface area contributed by atoms with Crippen LogP contribution in [0.2, 0.25) is 0 Å². The highest BCUT2D eigenvalue weighted by molar-refractivity contribution is 5.97. The summed E-state index contributed by atoms with van der Waals surface area (Å²) in [6.07, 6.45) is -3.00. The first kappa shape index (κ1) is 26.2. The van der Waals surface area contributed by atoms with Crippen LogP contribution < -0.4 is 10.6 Å². The van der Waals surface area contributed by atoms with Gasteiger partial charge in [-0.3, -0.25) is 14.6 Å². The van der Waals surface area contributed by atoms with Crippen LogP contribution in [-0.2, 0) is 9.59 Å². The highest BCUT2D eigenvalue weighted by Crippen LogP contribution is 2.22. The number of rotatable bonds is 5. The van der Waals surface area contributed by atoms with Crippen LogP contribution in [-0.4, -0.2) is 101 Å². The van der Waals surface area contributed by atoms with Crippen molar-refractivity contribution in [1.29, 1.82) is 0 Å². The van der Waals surface area contributed by atoms with E-state index in [1.807, 2.05) is 29.2 Å². The Morgan fingerprint density at radius 2 is 1.52 bits per heavy atom. The van der Waals surface area contributed by atoms with Gasteiger partial charge in [0.05, 0.1) is 6.54 Å². The topological polar surface area (TPSA) is 143 Å². The quantitative estimate of drug-likeness (QED) is 0.213. The normalized spacial score (nSPS) is 19.0. The third kappa shape index (κ3) is 8.09. The van der Waals surface area contributed by atoms with E-state index in [1.165, 1.54) is 0 Å². The molecule has 13 heteroatoms. The summed E-state index contributed by atoms with van der Waals surface area (Å²) in [5.41, 5.74) is 7.46. The van der Waals surface area contributed by atoms with Gasteiger partial charge >= 0.3 is 18.1 Å². The number of carboxylic acids is 2. The van der Waals surface area contributed by atoms with E-state index in [-0.39, 0.29) is 12.4 Å². The summed E-state index contributed by atoms with van der Waals surface area (Å²) in [5.74, 6) is -3.38. The zero-order valence-electron chi connectivity index (χ0n) is 17.9. The summed E-state index contributed by atoms with van der Waals surface area (Å²) < 4.78 is 31.7. The molecule has 10 nitrogen and oxygen atoms in total. The first-order chi connectivity index (χ1) is 15.5. The molecule has 184 valence electrons. The molecule has 2 aliphatic heterocycles. The van der Waals surface area contributed by atoms with E-state index < -0.39 is 18.1 Å². The molecule has 0 atom stereocenters. The van der Waals surface area contributed by atoms with Gasteiger partial charge in [0.2, 0.25) is 0 Å². The molecule has 1 aromatic carbocycles. The maximum absolute atomic E-state index is 10.8. The molecule has 0 amide bonds. The zero-order chi connectivity index (χ0) is 24.6. The Labute approximate surface area is 188 Å². The van der Waals surface area contributed by atoms with E-state index in [2.05, 4.69) is 15.0 Å². The lowest BCUT2D eigenvalue weighted by atomic mass is 10.0. The smallest absolute Gasteiger partial charge is 0.480 e. The fourth-order valence-electron chi connectivity index (χ4n) is 3.88. The average molecular weight is 475 g/mol. The standard InChI is InChI=1S/C18H27N5O3.C2HF3O2/c19-18(20-26)14-1-3-15(4-2-14)22-9-11-23(12-10-22)16-5-7-21(8-6-16)13-17(24)25;3-2(4,5)1(6)7/h1-4,16,26H,5-13H2,(H2,19,20)(H,24,25);(H,6,7). The van der Waals surface area contributed by atoms with Crippen molar-refractivity contribution in [1.82, 2.24) is 9.80 Å². The van der Waals surface area contributed by atoms with E-state index in [4.69, 9.17) is 25.9 Å². The second-order valence-electron chi connectivity index (χ2n) is 7.76. The fraction of sp³-hybridized carbons (Fsp3) is 0.550. The lowest BCUT2D eigenvalue weighted by molar-refractivity contribution is -0.192. The van der Waals surface area contributed by atoms with Gasteiger partial charge in [-0.1, -0.05) is 5.16 Å². The van der Waals surface area contributed by atoms with Crippen molar-refractivity contribution in [3.8, 4) is 0 Å². The van der Waals surface area contributed by atoms with Gasteiger partial charge in [-0.25, -0.2) is 4.79 Å². The number of aliphatic carboxylic acids is 2. The molecule has 0 saturated carbocycles. The molecule has 0 spiro atoms. The average Bonchev–Trinajstić information content (AvgIpc) is 2.79. The van der Waals surface area contributed by atoms with E-state index in [1.54, 1.807) is 0 Å². The minimum absolute atomic E-state index is 0.121. The van der Waals surface area contributed by atoms with Crippen molar-refractivity contribution in [2.24, 2.45) is 10.9 Å². The molecule has 0 bridgehead atoms. The molecular formula is C20H28F3N5O5. The number of hydrogen-bond donors (Lipinski definition) is 4. The third-order valence-electron chi connectivity index (χ3n) is 5.63. The van der Waals surface area contributed by atoms with Gasteiger partial charge in [-0.05, 0) is 37.1 Å². The number of hydrogen-bond acceptors (Lipinski definition) is 7. The van der Waals surface area contributed by atoms with Crippen LogP contribution in [0.3, 0.4) is 0 Å². The second kappa shape index (κ2) is 11.7. The molecule has 0 radical (unpaired) electrons. The van der Waals surface area contributed by atoms with Crippen LogP contribution >= 0.6 is 0 Å². The van der Waals surface area contributed by atoms with Gasteiger partial charge in [0, 0.05) is 56.6 Å². The molecule has 2 heterocycles. The maximum atomic E-state index is 10.8. The highest BCUT2D eigenvalue weighted by atomic mass is 19.4. The first-order valence-corrected chi connectivity index (χ1v) is 10.3. The predicted molar refractivity (Wildman–Crippen MR) is 114 cm³/mol. The Morgan fingerprint density at radius 3 is 1.94 bits per heavy atom. The molecule has 2 saturated heterocycles. The molecule has 2 fully saturated rings. The number of halogens is 3. The van der Waals surface area contributed by atoms with Gasteiger partial charge in [-0.2, -0.15) is 13.2 Å². The molecule has 0 aromatic heterocycles. The number of benzene rings is 1. The summed E-state index contributed by atoms with van der Waals surface area (Å²) in [5, 5.41) is 27.8. The van der Waals surface area contributed by atoms with Crippen LogP contribution in [0.5, 0.6) is 0 Å². The van der Waals surface area contributed by atoms with Crippen molar-refractivity contribution in [3.63, 3.8) is 0 Å². The van der Waals surface area contributed by atoms with Crippen molar-refractivity contribution in [3.05, 3.63) is 29.8 Å². The molecule has 3 rings (SSSR count). The summed E-state index contributed by atoms with van der Waals surface area (Å²) in [4.78, 5) is 26.6. The minimum atomic E-state index is -5.08. The fourth-order valence-corrected chi connectivity index (χ4v) is 3.88. The summed E-state index contributed by atoms with van der Waals surface area (Å²) in [6, 6.07) is 8.31. The van der Waals surface area contributed by atoms with Crippen molar-refractivity contribution >= 4 is 23.5 Å². The number of anilines is 1. The third-order valence-corrected chi connectivity index (χ3v) is 5.63. The molecule has 5 N–H and O–H groups in total. The number of carbonyl (C=O) groups is 2. The molecule has 2 aliphatic rings. The number of nitrogens with two attached hydrogens (primary N) is 1. The molecule has 33 heavy (non-hydrogen) atoms. The van der Waals surface area contributed by atoms with E-state index in [0.717, 1.165) is 57.8 Å². The van der Waals surface area contributed by atoms with Gasteiger partial charge in [0.15, 0.2) is 5.84 Å². The van der Waals surface area contributed by atoms with Crippen molar-refractivity contribution < 1.29 is 38.2 Å². The zero-order valence-corrected chi connectivity index (χ0v) is 17.9. The van der Waals surface area contributed by atoms with Crippen LogP contribution in [0.15, 0.2) is 29.4 Å². The Bertz CT molecular complexity index is 818. The van der Waals surface area contributed by atoms with Gasteiger partial charge in [-0.15, -0.1) is 0 Å². The predicted octanol–water partition coefficient (Wildman–Crippen LogP) is 1.09. The van der Waals surface area contributed by atoms with Crippen LogP contribution in [0, 0.1) is 0 Å². The number of oxime groups is 1. The van der Waals surface area contributed by atoms with Gasteiger partial charge in [0.1, 0.15) is 0 Å². The van der Waals surface area contributed by atoms with E-state index in [0.29, 0.717) is 11.6 Å². The lowest BCUT2D eigenvalue weighted by Crippen LogP contribution is -2.53. The summed E-state index contributed by atoms with van der Waals surface area (Å²) in [6.45, 7) is 5.87. The van der Waals surface area contributed by atoms with Crippen molar-refractivity contribution in [2.45, 2.75) is 25.1 Å².